The van der Waals surface area contributed by atoms with Crippen LogP contribution in [0.15, 0.2) is 18.3 Å². The molecule has 1 aromatic rings. The van der Waals surface area contributed by atoms with Crippen LogP contribution in [0.1, 0.15) is 23.3 Å². The van der Waals surface area contributed by atoms with Gasteiger partial charge in [-0.15, -0.1) is 0 Å². The number of nitrogens with zero attached hydrogens (tertiary/aromatic N) is 1. The zero-order valence-electron chi connectivity index (χ0n) is 8.65. The standard InChI is InChI=1S/C11H16N2O2/c14-9-3-6-13(7-4-9)8-11(15)10-2-1-5-12-10/h1-2,5,9,12,14H,3-4,6-8H2. The number of likely N-dealkylation sites (tertiary alicyclic amines) is 1. The summed E-state index contributed by atoms with van der Waals surface area (Å²) in [6, 6.07) is 3.62. The van der Waals surface area contributed by atoms with Gasteiger partial charge in [0.15, 0.2) is 5.78 Å². The minimum Gasteiger partial charge on any atom is -0.393 e. The molecule has 0 saturated carbocycles. The minimum atomic E-state index is -0.179. The smallest absolute Gasteiger partial charge is 0.192 e. The molecule has 0 aromatic carbocycles. The third-order valence-corrected chi connectivity index (χ3v) is 2.82. The van der Waals surface area contributed by atoms with Gasteiger partial charge in [0, 0.05) is 19.3 Å². The largest absolute Gasteiger partial charge is 0.393 e. The van der Waals surface area contributed by atoms with E-state index >= 15 is 0 Å². The van der Waals surface area contributed by atoms with E-state index in [2.05, 4.69) is 9.88 Å². The highest BCUT2D eigenvalue weighted by atomic mass is 16.3. The lowest BCUT2D eigenvalue weighted by atomic mass is 10.1. The molecule has 2 N–H and O–H groups in total. The number of Topliss-reactive ketones (excluding diaryl/α,β-unsaturated/α-hetero) is 1. The van der Waals surface area contributed by atoms with E-state index < -0.39 is 0 Å². The predicted octanol–water partition coefficient (Wildman–Crippen LogP) is 0.654. The topological polar surface area (TPSA) is 56.3 Å². The molecule has 0 aliphatic carbocycles. The number of aromatic amines is 1. The van der Waals surface area contributed by atoms with E-state index in [9.17, 15) is 9.90 Å². The number of rotatable bonds is 3. The van der Waals surface area contributed by atoms with Gasteiger partial charge in [-0.3, -0.25) is 9.69 Å². The third-order valence-electron chi connectivity index (χ3n) is 2.82. The monoisotopic (exact) mass is 208 g/mol. The van der Waals surface area contributed by atoms with Crippen molar-refractivity contribution in [2.75, 3.05) is 19.6 Å². The fourth-order valence-corrected chi connectivity index (χ4v) is 1.87. The Kier molecular flexibility index (Phi) is 3.18. The van der Waals surface area contributed by atoms with E-state index in [1.54, 1.807) is 12.3 Å². The molecule has 2 heterocycles. The van der Waals surface area contributed by atoms with Crippen LogP contribution in [0.4, 0.5) is 0 Å². The molecule has 4 nitrogen and oxygen atoms in total. The fourth-order valence-electron chi connectivity index (χ4n) is 1.87. The van der Waals surface area contributed by atoms with Crippen molar-refractivity contribution in [3.05, 3.63) is 24.0 Å². The summed E-state index contributed by atoms with van der Waals surface area (Å²) >= 11 is 0. The zero-order valence-corrected chi connectivity index (χ0v) is 8.65. The van der Waals surface area contributed by atoms with Crippen molar-refractivity contribution in [1.82, 2.24) is 9.88 Å². The molecule has 1 saturated heterocycles. The fraction of sp³-hybridized carbons (Fsp3) is 0.545. The van der Waals surface area contributed by atoms with Crippen molar-refractivity contribution in [3.8, 4) is 0 Å². The Hall–Kier alpha value is -1.13. The molecule has 82 valence electrons. The number of nitrogens with one attached hydrogen (secondary N) is 1. The van der Waals surface area contributed by atoms with Crippen LogP contribution in [0.5, 0.6) is 0 Å². The van der Waals surface area contributed by atoms with E-state index in [1.807, 2.05) is 6.07 Å². The number of hydrogen-bond acceptors (Lipinski definition) is 3. The van der Waals surface area contributed by atoms with Gasteiger partial charge in [0.05, 0.1) is 18.3 Å². The number of aromatic nitrogens is 1. The second-order valence-electron chi connectivity index (χ2n) is 4.01. The van der Waals surface area contributed by atoms with Gasteiger partial charge in [0.25, 0.3) is 0 Å². The summed E-state index contributed by atoms with van der Waals surface area (Å²) in [6.45, 7) is 2.08. The van der Waals surface area contributed by atoms with Crippen molar-refractivity contribution in [2.24, 2.45) is 0 Å². The van der Waals surface area contributed by atoms with Crippen molar-refractivity contribution in [3.63, 3.8) is 0 Å². The second kappa shape index (κ2) is 4.59. The lowest BCUT2D eigenvalue weighted by molar-refractivity contribution is 0.0708. The highest BCUT2D eigenvalue weighted by Gasteiger charge is 2.19. The van der Waals surface area contributed by atoms with Crippen molar-refractivity contribution in [2.45, 2.75) is 18.9 Å². The Bertz CT molecular complexity index is 313. The van der Waals surface area contributed by atoms with Gasteiger partial charge in [-0.05, 0) is 25.0 Å². The quantitative estimate of drug-likeness (QED) is 0.717. The van der Waals surface area contributed by atoms with Gasteiger partial charge in [-0.25, -0.2) is 0 Å². The number of carbonyl (C=O) groups is 1. The molecule has 0 unspecified atom stereocenters. The van der Waals surface area contributed by atoms with E-state index in [4.69, 9.17) is 0 Å². The molecule has 4 heteroatoms. The first-order valence-corrected chi connectivity index (χ1v) is 5.33. The summed E-state index contributed by atoms with van der Waals surface area (Å²) < 4.78 is 0. The van der Waals surface area contributed by atoms with Gasteiger partial charge in [0.1, 0.15) is 0 Å². The van der Waals surface area contributed by atoms with Crippen molar-refractivity contribution >= 4 is 5.78 Å². The van der Waals surface area contributed by atoms with Gasteiger partial charge in [0.2, 0.25) is 0 Å². The Balaban J connectivity index is 1.85. The summed E-state index contributed by atoms with van der Waals surface area (Å²) in [5, 5.41) is 9.33. The summed E-state index contributed by atoms with van der Waals surface area (Å²) in [7, 11) is 0. The number of H-pyrrole nitrogens is 1. The Morgan fingerprint density at radius 3 is 2.87 bits per heavy atom. The molecule has 0 atom stereocenters. The molecule has 0 amide bonds. The summed E-state index contributed by atoms with van der Waals surface area (Å²) in [6.07, 6.45) is 3.13. The van der Waals surface area contributed by atoms with Crippen LogP contribution in [0.25, 0.3) is 0 Å². The van der Waals surface area contributed by atoms with Gasteiger partial charge in [-0.2, -0.15) is 0 Å². The minimum absolute atomic E-state index is 0.122. The lowest BCUT2D eigenvalue weighted by Gasteiger charge is -2.28. The van der Waals surface area contributed by atoms with Crippen LogP contribution < -0.4 is 0 Å². The Morgan fingerprint density at radius 1 is 1.53 bits per heavy atom. The maximum atomic E-state index is 11.7. The first-order chi connectivity index (χ1) is 7.25. The summed E-state index contributed by atoms with van der Waals surface area (Å²) in [5.74, 6) is 0.122. The van der Waals surface area contributed by atoms with E-state index in [0.717, 1.165) is 25.9 Å². The van der Waals surface area contributed by atoms with Crippen LogP contribution in [-0.4, -0.2) is 46.5 Å². The normalized spacial score (nSPS) is 19.3. The number of aliphatic hydroxyl groups is 1. The Morgan fingerprint density at radius 2 is 2.27 bits per heavy atom. The molecule has 0 radical (unpaired) electrons. The molecule has 1 aliphatic rings. The number of carbonyl (C=O) groups excluding carboxylic acids is 1. The molecule has 15 heavy (non-hydrogen) atoms. The van der Waals surface area contributed by atoms with E-state index in [0.29, 0.717) is 12.2 Å². The molecule has 0 bridgehead atoms. The number of ketones is 1. The molecule has 0 spiro atoms. The van der Waals surface area contributed by atoms with E-state index in [1.165, 1.54) is 0 Å². The third kappa shape index (κ3) is 2.67. The second-order valence-corrected chi connectivity index (χ2v) is 4.01. The molecule has 1 fully saturated rings. The maximum Gasteiger partial charge on any atom is 0.192 e. The zero-order chi connectivity index (χ0) is 10.7. The molecule has 1 aromatic heterocycles. The van der Waals surface area contributed by atoms with Crippen LogP contribution in [0, 0.1) is 0 Å². The highest BCUT2D eigenvalue weighted by Crippen LogP contribution is 2.10. The number of hydrogen-bond donors (Lipinski definition) is 2. The predicted molar refractivity (Wildman–Crippen MR) is 56.8 cm³/mol. The average molecular weight is 208 g/mol. The van der Waals surface area contributed by atoms with Crippen LogP contribution in [-0.2, 0) is 0 Å². The SMILES string of the molecule is O=C(CN1CCC(O)CC1)c1ccc[nH]1. The molecule has 2 rings (SSSR count). The summed E-state index contributed by atoms with van der Waals surface area (Å²) in [5.41, 5.74) is 0.668. The first-order valence-electron chi connectivity index (χ1n) is 5.33. The lowest BCUT2D eigenvalue weighted by Crippen LogP contribution is -2.39. The Labute approximate surface area is 88.9 Å². The number of aliphatic hydroxyl groups excluding tert-OH is 1. The average Bonchev–Trinajstić information content (AvgIpc) is 2.74. The van der Waals surface area contributed by atoms with Crippen LogP contribution >= 0.6 is 0 Å². The van der Waals surface area contributed by atoms with Crippen molar-refractivity contribution < 1.29 is 9.90 Å². The van der Waals surface area contributed by atoms with Gasteiger partial charge in [-0.1, -0.05) is 0 Å². The highest BCUT2D eigenvalue weighted by molar-refractivity contribution is 5.95. The maximum absolute atomic E-state index is 11.7. The van der Waals surface area contributed by atoms with Crippen LogP contribution in [0.3, 0.4) is 0 Å². The van der Waals surface area contributed by atoms with Gasteiger partial charge < -0.3 is 10.1 Å². The van der Waals surface area contributed by atoms with Gasteiger partial charge >= 0.3 is 0 Å². The molecule has 1 aliphatic heterocycles. The van der Waals surface area contributed by atoms with Crippen LogP contribution in [0.2, 0.25) is 0 Å². The summed E-state index contributed by atoms with van der Waals surface area (Å²) in [4.78, 5) is 16.7. The molecular formula is C11H16N2O2. The number of piperidine rings is 1. The first kappa shape index (κ1) is 10.4. The van der Waals surface area contributed by atoms with Crippen molar-refractivity contribution in [1.29, 1.82) is 0 Å². The van der Waals surface area contributed by atoms with E-state index in [-0.39, 0.29) is 11.9 Å². The molecular weight excluding hydrogens is 192 g/mol.